The van der Waals surface area contributed by atoms with Gasteiger partial charge in [0.25, 0.3) is 0 Å². The smallest absolute Gasteiger partial charge is 0.342 e. The van der Waals surface area contributed by atoms with Crippen LogP contribution in [0.25, 0.3) is 5.57 Å². The standard InChI is InChI=1S/C18H24O3/c1-4-5-6-10-13-21-18(20)17(15(3)19)14(2)16-11-8-7-9-12-16/h7-9,11-12H,4-6,10,13H2,1-3H3. The highest BCUT2D eigenvalue weighted by atomic mass is 16.5. The van der Waals surface area contributed by atoms with Crippen molar-refractivity contribution in [3.05, 3.63) is 41.5 Å². The van der Waals surface area contributed by atoms with Crippen molar-refractivity contribution in [1.29, 1.82) is 0 Å². The molecule has 0 fully saturated rings. The summed E-state index contributed by atoms with van der Waals surface area (Å²) in [4.78, 5) is 23.9. The Hall–Kier alpha value is -1.90. The molecule has 0 aliphatic carbocycles. The van der Waals surface area contributed by atoms with Crippen molar-refractivity contribution >= 4 is 17.3 Å². The second kappa shape index (κ2) is 9.11. The van der Waals surface area contributed by atoms with Crippen LogP contribution in [0.5, 0.6) is 0 Å². The van der Waals surface area contributed by atoms with Crippen molar-refractivity contribution < 1.29 is 14.3 Å². The van der Waals surface area contributed by atoms with E-state index in [1.807, 2.05) is 30.3 Å². The van der Waals surface area contributed by atoms with E-state index in [-0.39, 0.29) is 11.4 Å². The highest BCUT2D eigenvalue weighted by Crippen LogP contribution is 2.20. The third-order valence-electron chi connectivity index (χ3n) is 3.37. The number of benzene rings is 1. The van der Waals surface area contributed by atoms with Crippen LogP contribution < -0.4 is 0 Å². The first-order valence-corrected chi connectivity index (χ1v) is 7.52. The van der Waals surface area contributed by atoms with Gasteiger partial charge in [0.05, 0.1) is 6.61 Å². The van der Waals surface area contributed by atoms with Crippen molar-refractivity contribution in [2.24, 2.45) is 0 Å². The molecule has 0 aliphatic rings. The van der Waals surface area contributed by atoms with E-state index in [1.54, 1.807) is 6.92 Å². The quantitative estimate of drug-likeness (QED) is 0.237. The van der Waals surface area contributed by atoms with Gasteiger partial charge in [-0.25, -0.2) is 4.79 Å². The largest absolute Gasteiger partial charge is 0.462 e. The van der Waals surface area contributed by atoms with Gasteiger partial charge in [0.2, 0.25) is 0 Å². The second-order valence-corrected chi connectivity index (χ2v) is 5.12. The van der Waals surface area contributed by atoms with Crippen LogP contribution in [0.2, 0.25) is 0 Å². The predicted molar refractivity (Wildman–Crippen MR) is 84.8 cm³/mol. The van der Waals surface area contributed by atoms with E-state index in [1.165, 1.54) is 6.92 Å². The van der Waals surface area contributed by atoms with Gasteiger partial charge in [-0.2, -0.15) is 0 Å². The molecule has 3 nitrogen and oxygen atoms in total. The molecule has 0 spiro atoms. The molecule has 1 aromatic carbocycles. The van der Waals surface area contributed by atoms with Crippen molar-refractivity contribution in [2.75, 3.05) is 6.61 Å². The molecule has 1 aromatic rings. The minimum Gasteiger partial charge on any atom is -0.462 e. The number of ether oxygens (including phenoxy) is 1. The van der Waals surface area contributed by atoms with Crippen molar-refractivity contribution in [2.45, 2.75) is 46.5 Å². The molecule has 1 rings (SSSR count). The van der Waals surface area contributed by atoms with E-state index in [2.05, 4.69) is 6.92 Å². The Morgan fingerprint density at radius 2 is 1.67 bits per heavy atom. The first kappa shape index (κ1) is 17.2. The topological polar surface area (TPSA) is 43.4 Å². The van der Waals surface area contributed by atoms with Crippen molar-refractivity contribution in [1.82, 2.24) is 0 Å². The monoisotopic (exact) mass is 288 g/mol. The lowest BCUT2D eigenvalue weighted by molar-refractivity contribution is -0.140. The molecule has 0 aromatic heterocycles. The molecular formula is C18H24O3. The molecular weight excluding hydrogens is 264 g/mol. The van der Waals surface area contributed by atoms with Gasteiger partial charge in [-0.15, -0.1) is 0 Å². The highest BCUT2D eigenvalue weighted by molar-refractivity contribution is 6.21. The summed E-state index contributed by atoms with van der Waals surface area (Å²) in [6, 6.07) is 9.43. The molecule has 114 valence electrons. The summed E-state index contributed by atoms with van der Waals surface area (Å²) in [5.74, 6) is -0.768. The Morgan fingerprint density at radius 3 is 2.24 bits per heavy atom. The molecule has 0 amide bonds. The Labute approximate surface area is 127 Å². The highest BCUT2D eigenvalue weighted by Gasteiger charge is 2.19. The van der Waals surface area contributed by atoms with E-state index < -0.39 is 5.97 Å². The molecule has 21 heavy (non-hydrogen) atoms. The van der Waals surface area contributed by atoms with Crippen LogP contribution in [-0.4, -0.2) is 18.4 Å². The number of Topliss-reactive ketones (excluding diaryl/α,β-unsaturated/α-hetero) is 1. The molecule has 0 aliphatic heterocycles. The molecule has 0 saturated carbocycles. The van der Waals surface area contributed by atoms with Crippen LogP contribution in [0, 0.1) is 0 Å². The summed E-state index contributed by atoms with van der Waals surface area (Å²) in [5, 5.41) is 0. The summed E-state index contributed by atoms with van der Waals surface area (Å²) < 4.78 is 5.24. The van der Waals surface area contributed by atoms with Crippen molar-refractivity contribution in [3.8, 4) is 0 Å². The van der Waals surface area contributed by atoms with Crippen LogP contribution in [-0.2, 0) is 14.3 Å². The first-order chi connectivity index (χ1) is 10.1. The number of hydrogen-bond donors (Lipinski definition) is 0. The zero-order chi connectivity index (χ0) is 15.7. The molecule has 0 atom stereocenters. The lowest BCUT2D eigenvalue weighted by atomic mass is 9.99. The average molecular weight is 288 g/mol. The van der Waals surface area contributed by atoms with Gasteiger partial charge in [-0.1, -0.05) is 56.5 Å². The molecule has 0 radical (unpaired) electrons. The molecule has 0 unspecified atom stereocenters. The van der Waals surface area contributed by atoms with Crippen molar-refractivity contribution in [3.63, 3.8) is 0 Å². The Kier molecular flexibility index (Phi) is 7.44. The predicted octanol–water partition coefficient (Wildman–Crippen LogP) is 4.17. The van der Waals surface area contributed by atoms with Gasteiger partial charge < -0.3 is 4.74 Å². The Balaban J connectivity index is 2.77. The van der Waals surface area contributed by atoms with E-state index in [0.29, 0.717) is 12.2 Å². The minimum atomic E-state index is -0.514. The van der Waals surface area contributed by atoms with Gasteiger partial charge in [-0.3, -0.25) is 4.79 Å². The lowest BCUT2D eigenvalue weighted by Crippen LogP contribution is -2.16. The number of carbonyl (C=O) groups is 2. The third-order valence-corrected chi connectivity index (χ3v) is 3.37. The van der Waals surface area contributed by atoms with E-state index >= 15 is 0 Å². The zero-order valence-electron chi connectivity index (χ0n) is 13.1. The molecule has 0 bridgehead atoms. The van der Waals surface area contributed by atoms with Crippen LogP contribution in [0.3, 0.4) is 0 Å². The molecule has 3 heteroatoms. The van der Waals surface area contributed by atoms with Gasteiger partial charge >= 0.3 is 5.97 Å². The Bertz CT molecular complexity index is 500. The average Bonchev–Trinajstić information content (AvgIpc) is 2.47. The maximum atomic E-state index is 12.1. The molecule has 0 saturated heterocycles. The van der Waals surface area contributed by atoms with Crippen LogP contribution >= 0.6 is 0 Å². The van der Waals surface area contributed by atoms with E-state index in [4.69, 9.17) is 4.74 Å². The fourth-order valence-corrected chi connectivity index (χ4v) is 2.16. The van der Waals surface area contributed by atoms with Gasteiger partial charge in [0.15, 0.2) is 5.78 Å². The normalized spacial score (nSPS) is 11.8. The number of hydrogen-bond acceptors (Lipinski definition) is 3. The summed E-state index contributed by atoms with van der Waals surface area (Å²) >= 11 is 0. The number of rotatable bonds is 8. The zero-order valence-corrected chi connectivity index (χ0v) is 13.1. The number of allylic oxidation sites excluding steroid dienone is 1. The Morgan fingerprint density at radius 1 is 1.00 bits per heavy atom. The van der Waals surface area contributed by atoms with Crippen LogP contribution in [0.4, 0.5) is 0 Å². The van der Waals surface area contributed by atoms with E-state index in [9.17, 15) is 9.59 Å². The van der Waals surface area contributed by atoms with Gasteiger partial charge in [0.1, 0.15) is 5.57 Å². The third kappa shape index (κ3) is 5.54. The van der Waals surface area contributed by atoms with E-state index in [0.717, 1.165) is 31.2 Å². The molecule has 0 N–H and O–H groups in total. The summed E-state index contributed by atoms with van der Waals surface area (Å²) in [6.07, 6.45) is 4.16. The maximum Gasteiger partial charge on any atom is 0.342 e. The minimum absolute atomic E-state index is 0.150. The number of esters is 1. The van der Waals surface area contributed by atoms with Gasteiger partial charge in [-0.05, 0) is 31.4 Å². The number of unbranched alkanes of at least 4 members (excludes halogenated alkanes) is 3. The fourth-order valence-electron chi connectivity index (χ4n) is 2.16. The van der Waals surface area contributed by atoms with Crippen LogP contribution in [0.15, 0.2) is 35.9 Å². The lowest BCUT2D eigenvalue weighted by Gasteiger charge is -2.10. The van der Waals surface area contributed by atoms with Gasteiger partial charge in [0, 0.05) is 0 Å². The summed E-state index contributed by atoms with van der Waals surface area (Å²) in [6.45, 7) is 5.69. The second-order valence-electron chi connectivity index (χ2n) is 5.12. The summed E-state index contributed by atoms with van der Waals surface area (Å²) in [5.41, 5.74) is 1.68. The van der Waals surface area contributed by atoms with Crippen LogP contribution in [0.1, 0.15) is 52.0 Å². The molecule has 0 heterocycles. The summed E-state index contributed by atoms with van der Waals surface area (Å²) in [7, 11) is 0. The fraction of sp³-hybridized carbons (Fsp3) is 0.444. The maximum absolute atomic E-state index is 12.1. The SMILES string of the molecule is CCCCCCOC(=O)C(C(C)=O)=C(C)c1ccccc1. The number of carbonyl (C=O) groups excluding carboxylic acids is 2. The first-order valence-electron chi connectivity index (χ1n) is 7.52. The number of ketones is 1.